The van der Waals surface area contributed by atoms with E-state index >= 15 is 0 Å². The van der Waals surface area contributed by atoms with Gasteiger partial charge in [-0.1, -0.05) is 50.6 Å². The number of hydrogen-bond acceptors (Lipinski definition) is 3. The predicted octanol–water partition coefficient (Wildman–Crippen LogP) is 2.80. The van der Waals surface area contributed by atoms with E-state index in [2.05, 4.69) is 0 Å². The summed E-state index contributed by atoms with van der Waals surface area (Å²) in [5.74, 6) is -0.218. The van der Waals surface area contributed by atoms with E-state index in [0.29, 0.717) is 19.3 Å². The molecule has 1 aromatic rings. The molecule has 0 amide bonds. The lowest BCUT2D eigenvalue weighted by atomic mass is 9.78. The van der Waals surface area contributed by atoms with Crippen molar-refractivity contribution in [2.45, 2.75) is 39.2 Å². The summed E-state index contributed by atoms with van der Waals surface area (Å²) in [6.45, 7) is 3.91. The maximum atomic E-state index is 10.6. The van der Waals surface area contributed by atoms with Crippen molar-refractivity contribution in [1.29, 1.82) is 0 Å². The zero-order valence-corrected chi connectivity index (χ0v) is 12.2. The fraction of sp³-hybridized carbons (Fsp3) is 0.571. The Morgan fingerprint density at radius 3 is 2.26 bits per heavy atom. The van der Waals surface area contributed by atoms with Gasteiger partial charge in [-0.25, -0.2) is 0 Å². The zero-order chi connectivity index (χ0) is 14.5. The van der Waals surface area contributed by atoms with E-state index in [9.17, 15) is 13.5 Å². The van der Waals surface area contributed by atoms with Gasteiger partial charge < -0.3 is 5.11 Å². The van der Waals surface area contributed by atoms with E-state index in [1.54, 1.807) is 0 Å². The molecule has 108 valence electrons. The van der Waals surface area contributed by atoms with Crippen LogP contribution in [0.15, 0.2) is 30.3 Å². The summed E-state index contributed by atoms with van der Waals surface area (Å²) in [5.41, 5.74) is 0.530. The van der Waals surface area contributed by atoms with Crippen LogP contribution in [0, 0.1) is 5.41 Å². The second-order valence-corrected chi connectivity index (χ2v) is 7.12. The molecule has 4 nitrogen and oxygen atoms in total. The molecule has 2 N–H and O–H groups in total. The number of rotatable bonds is 7. The molecule has 0 saturated heterocycles. The van der Waals surface area contributed by atoms with Gasteiger partial charge in [0.25, 0.3) is 10.1 Å². The summed E-state index contributed by atoms with van der Waals surface area (Å²) in [5, 5.41) is 10.3. The summed E-state index contributed by atoms with van der Waals surface area (Å²) in [7, 11) is -3.88. The molecule has 0 radical (unpaired) electrons. The van der Waals surface area contributed by atoms with Gasteiger partial charge in [-0.2, -0.15) is 8.42 Å². The van der Waals surface area contributed by atoms with Gasteiger partial charge in [0.2, 0.25) is 0 Å². The molecule has 1 aromatic carbocycles. The highest BCUT2D eigenvalue weighted by atomic mass is 32.2. The van der Waals surface area contributed by atoms with Gasteiger partial charge in [0.15, 0.2) is 0 Å². The first-order valence-electron chi connectivity index (χ1n) is 6.40. The van der Waals surface area contributed by atoms with Crippen LogP contribution < -0.4 is 0 Å². The average molecular weight is 286 g/mol. The Morgan fingerprint density at radius 2 is 1.74 bits per heavy atom. The quantitative estimate of drug-likeness (QED) is 0.597. The molecule has 19 heavy (non-hydrogen) atoms. The second kappa shape index (κ2) is 6.50. The first-order chi connectivity index (χ1) is 8.72. The molecule has 5 heteroatoms. The minimum Gasteiger partial charge on any atom is -0.388 e. The summed E-state index contributed by atoms with van der Waals surface area (Å²) >= 11 is 0. The van der Waals surface area contributed by atoms with Crippen LogP contribution in [0.1, 0.15) is 44.8 Å². The molecule has 1 unspecified atom stereocenters. The van der Waals surface area contributed by atoms with Gasteiger partial charge in [-0.05, 0) is 23.8 Å². The largest absolute Gasteiger partial charge is 0.388 e. The van der Waals surface area contributed by atoms with Crippen LogP contribution in [0.2, 0.25) is 0 Å². The number of benzene rings is 1. The molecule has 0 fully saturated rings. The van der Waals surface area contributed by atoms with Crippen molar-refractivity contribution < 1.29 is 18.1 Å². The van der Waals surface area contributed by atoms with E-state index in [0.717, 1.165) is 5.56 Å². The standard InChI is InChI=1S/C14H22O4S/c1-14(2,10-6-7-11-19(16,17)18)13(15)12-8-4-3-5-9-12/h3-5,8-9,13,15H,6-7,10-11H2,1-2H3,(H,16,17,18). The van der Waals surface area contributed by atoms with E-state index in [4.69, 9.17) is 4.55 Å². The van der Waals surface area contributed by atoms with Crippen molar-refractivity contribution >= 4 is 10.1 Å². The molecule has 0 saturated carbocycles. The molecule has 0 bridgehead atoms. The van der Waals surface area contributed by atoms with Crippen molar-refractivity contribution in [3.8, 4) is 0 Å². The number of aliphatic hydroxyl groups excluding tert-OH is 1. The van der Waals surface area contributed by atoms with Crippen LogP contribution >= 0.6 is 0 Å². The first kappa shape index (κ1) is 16.1. The van der Waals surface area contributed by atoms with Gasteiger partial charge >= 0.3 is 0 Å². The molecule has 0 spiro atoms. The fourth-order valence-corrected chi connectivity index (χ4v) is 2.66. The summed E-state index contributed by atoms with van der Waals surface area (Å²) < 4.78 is 29.9. The van der Waals surface area contributed by atoms with Crippen molar-refractivity contribution in [1.82, 2.24) is 0 Å². The van der Waals surface area contributed by atoms with Crippen LogP contribution in [0.25, 0.3) is 0 Å². The van der Waals surface area contributed by atoms with Crippen LogP contribution in [0.5, 0.6) is 0 Å². The lowest BCUT2D eigenvalue weighted by Gasteiger charge is -2.31. The van der Waals surface area contributed by atoms with E-state index in [1.165, 1.54) is 0 Å². The molecular formula is C14H22O4S. The van der Waals surface area contributed by atoms with Crippen LogP contribution in [-0.2, 0) is 10.1 Å². The maximum absolute atomic E-state index is 10.6. The minimum atomic E-state index is -3.88. The van der Waals surface area contributed by atoms with Gasteiger partial charge in [-0.3, -0.25) is 4.55 Å². The van der Waals surface area contributed by atoms with Crippen LogP contribution in [0.4, 0.5) is 0 Å². The Labute approximate surface area is 115 Å². The minimum absolute atomic E-state index is 0.218. The van der Waals surface area contributed by atoms with Crippen LogP contribution in [0.3, 0.4) is 0 Å². The van der Waals surface area contributed by atoms with Gasteiger partial charge in [-0.15, -0.1) is 0 Å². The average Bonchev–Trinajstić information content (AvgIpc) is 2.34. The molecule has 1 atom stereocenters. The number of aliphatic hydroxyl groups is 1. The van der Waals surface area contributed by atoms with E-state index in [1.807, 2.05) is 44.2 Å². The Kier molecular flexibility index (Phi) is 5.52. The highest BCUT2D eigenvalue weighted by molar-refractivity contribution is 7.85. The maximum Gasteiger partial charge on any atom is 0.264 e. The second-order valence-electron chi connectivity index (χ2n) is 5.54. The van der Waals surface area contributed by atoms with Gasteiger partial charge in [0.05, 0.1) is 11.9 Å². The first-order valence-corrected chi connectivity index (χ1v) is 8.01. The molecule has 1 rings (SSSR count). The highest BCUT2D eigenvalue weighted by Crippen LogP contribution is 2.37. The van der Waals surface area contributed by atoms with Crippen molar-refractivity contribution in [3.05, 3.63) is 35.9 Å². The third-order valence-electron chi connectivity index (χ3n) is 3.33. The van der Waals surface area contributed by atoms with Gasteiger partial charge in [0.1, 0.15) is 0 Å². The topological polar surface area (TPSA) is 74.6 Å². The highest BCUT2D eigenvalue weighted by Gasteiger charge is 2.28. The number of hydrogen-bond donors (Lipinski definition) is 2. The molecule has 0 heterocycles. The monoisotopic (exact) mass is 286 g/mol. The van der Waals surface area contributed by atoms with Crippen molar-refractivity contribution in [2.24, 2.45) is 5.41 Å². The third kappa shape index (κ3) is 5.72. The fourth-order valence-electron chi connectivity index (χ4n) is 2.09. The molecular weight excluding hydrogens is 264 g/mol. The molecule has 0 aliphatic carbocycles. The van der Waals surface area contributed by atoms with Crippen molar-refractivity contribution in [3.63, 3.8) is 0 Å². The Morgan fingerprint density at radius 1 is 1.16 bits per heavy atom. The Hall–Kier alpha value is -0.910. The summed E-state index contributed by atoms with van der Waals surface area (Å²) in [6, 6.07) is 9.42. The Bertz CT molecular complexity index is 479. The third-order valence-corrected chi connectivity index (χ3v) is 4.13. The lowest BCUT2D eigenvalue weighted by Crippen LogP contribution is -2.22. The lowest BCUT2D eigenvalue weighted by molar-refractivity contribution is 0.0414. The normalized spacial score (nSPS) is 14.3. The van der Waals surface area contributed by atoms with E-state index < -0.39 is 16.2 Å². The van der Waals surface area contributed by atoms with Gasteiger partial charge in [0, 0.05) is 0 Å². The number of unbranched alkanes of at least 4 members (excludes halogenated alkanes) is 1. The van der Waals surface area contributed by atoms with Crippen molar-refractivity contribution in [2.75, 3.05) is 5.75 Å². The summed E-state index contributed by atoms with van der Waals surface area (Å²) in [4.78, 5) is 0. The SMILES string of the molecule is CC(C)(CCCCS(=O)(=O)O)C(O)c1ccccc1. The zero-order valence-electron chi connectivity index (χ0n) is 11.4. The van der Waals surface area contributed by atoms with E-state index in [-0.39, 0.29) is 11.2 Å². The van der Waals surface area contributed by atoms with Crippen LogP contribution in [-0.4, -0.2) is 23.8 Å². The smallest absolute Gasteiger partial charge is 0.264 e. The summed E-state index contributed by atoms with van der Waals surface area (Å²) in [6.07, 6.45) is 1.17. The molecule has 0 aliphatic heterocycles. The molecule has 0 aliphatic rings. The molecule has 0 aromatic heterocycles. The predicted molar refractivity (Wildman–Crippen MR) is 75.4 cm³/mol. The Balaban J connectivity index is 2.51.